The van der Waals surface area contributed by atoms with Gasteiger partial charge in [0, 0.05) is 29.8 Å². The SMILES string of the molecule is CCN1C(=O)S/C(=C/c2ccc(-c3cc(C)c(C)c([N+](=O)[O-])c3)o2)C1=O. The van der Waals surface area contributed by atoms with Gasteiger partial charge in [0.25, 0.3) is 16.8 Å². The summed E-state index contributed by atoms with van der Waals surface area (Å²) in [5.41, 5.74) is 2.01. The number of nitro benzene ring substituents is 1. The second-order valence-electron chi connectivity index (χ2n) is 5.82. The van der Waals surface area contributed by atoms with Crippen LogP contribution in [-0.2, 0) is 4.79 Å². The van der Waals surface area contributed by atoms with Gasteiger partial charge in [0.15, 0.2) is 0 Å². The summed E-state index contributed by atoms with van der Waals surface area (Å²) in [6.07, 6.45) is 1.51. The first-order valence-corrected chi connectivity index (χ1v) is 8.74. The molecule has 2 heterocycles. The molecule has 1 fully saturated rings. The zero-order chi connectivity index (χ0) is 19.0. The van der Waals surface area contributed by atoms with Crippen LogP contribution in [0.1, 0.15) is 23.8 Å². The maximum atomic E-state index is 12.1. The summed E-state index contributed by atoms with van der Waals surface area (Å²) in [6.45, 7) is 5.56. The van der Waals surface area contributed by atoms with Crippen LogP contribution in [0, 0.1) is 24.0 Å². The lowest BCUT2D eigenvalue weighted by Gasteiger charge is -2.06. The lowest BCUT2D eigenvalue weighted by molar-refractivity contribution is -0.385. The third-order valence-electron chi connectivity index (χ3n) is 4.21. The summed E-state index contributed by atoms with van der Waals surface area (Å²) >= 11 is 0.866. The molecule has 2 amide bonds. The maximum Gasteiger partial charge on any atom is 0.293 e. The van der Waals surface area contributed by atoms with Crippen molar-refractivity contribution in [3.05, 3.63) is 56.2 Å². The minimum absolute atomic E-state index is 0.0296. The van der Waals surface area contributed by atoms with Crippen LogP contribution in [0.3, 0.4) is 0 Å². The number of nitro groups is 1. The summed E-state index contributed by atoms with van der Waals surface area (Å²) in [6, 6.07) is 6.63. The molecule has 0 atom stereocenters. The Morgan fingerprint density at radius 3 is 2.62 bits per heavy atom. The molecule has 0 spiro atoms. The van der Waals surface area contributed by atoms with Crippen LogP contribution in [0.4, 0.5) is 10.5 Å². The van der Waals surface area contributed by atoms with E-state index in [0.29, 0.717) is 34.1 Å². The van der Waals surface area contributed by atoms with Crippen molar-refractivity contribution < 1.29 is 18.9 Å². The van der Waals surface area contributed by atoms with E-state index in [2.05, 4.69) is 0 Å². The van der Waals surface area contributed by atoms with Gasteiger partial charge in [-0.1, -0.05) is 0 Å². The quantitative estimate of drug-likeness (QED) is 0.445. The van der Waals surface area contributed by atoms with Gasteiger partial charge in [0.1, 0.15) is 11.5 Å². The van der Waals surface area contributed by atoms with E-state index in [1.165, 1.54) is 12.1 Å². The number of aryl methyl sites for hydroxylation is 1. The predicted octanol–water partition coefficient (Wildman–Crippen LogP) is 4.53. The molecule has 26 heavy (non-hydrogen) atoms. The molecule has 1 aromatic carbocycles. The first-order valence-electron chi connectivity index (χ1n) is 7.93. The van der Waals surface area contributed by atoms with Crippen molar-refractivity contribution in [3.63, 3.8) is 0 Å². The molecule has 1 aliphatic heterocycles. The molecular formula is C18H16N2O5S. The van der Waals surface area contributed by atoms with E-state index >= 15 is 0 Å². The van der Waals surface area contributed by atoms with Crippen LogP contribution in [0.15, 0.2) is 33.6 Å². The van der Waals surface area contributed by atoms with Crippen LogP contribution in [-0.4, -0.2) is 27.5 Å². The number of thioether (sulfide) groups is 1. The van der Waals surface area contributed by atoms with Crippen molar-refractivity contribution in [2.75, 3.05) is 6.54 Å². The molecule has 0 bridgehead atoms. The number of benzene rings is 1. The van der Waals surface area contributed by atoms with Crippen LogP contribution < -0.4 is 0 Å². The van der Waals surface area contributed by atoms with Gasteiger partial charge in [0.2, 0.25) is 0 Å². The third-order valence-corrected chi connectivity index (χ3v) is 5.12. The Kier molecular flexibility index (Phi) is 4.69. The number of furan rings is 1. The smallest absolute Gasteiger partial charge is 0.293 e. The first kappa shape index (κ1) is 17.9. The maximum absolute atomic E-state index is 12.1. The molecule has 2 aromatic rings. The van der Waals surface area contributed by atoms with Gasteiger partial charge in [-0.3, -0.25) is 24.6 Å². The van der Waals surface area contributed by atoms with Gasteiger partial charge in [-0.2, -0.15) is 0 Å². The van der Waals surface area contributed by atoms with E-state index in [9.17, 15) is 19.7 Å². The number of carbonyl (C=O) groups is 2. The molecule has 0 saturated carbocycles. The minimum Gasteiger partial charge on any atom is -0.457 e. The van der Waals surface area contributed by atoms with E-state index in [0.717, 1.165) is 22.2 Å². The lowest BCUT2D eigenvalue weighted by atomic mass is 10.0. The summed E-state index contributed by atoms with van der Waals surface area (Å²) in [5.74, 6) is 0.516. The van der Waals surface area contributed by atoms with Crippen molar-refractivity contribution in [3.8, 4) is 11.3 Å². The number of carbonyl (C=O) groups excluding carboxylic acids is 2. The average Bonchev–Trinajstić information content (AvgIpc) is 3.15. The number of rotatable bonds is 4. The molecule has 3 rings (SSSR count). The van der Waals surface area contributed by atoms with Crippen LogP contribution in [0.5, 0.6) is 0 Å². The van der Waals surface area contributed by atoms with Crippen LogP contribution >= 0.6 is 11.8 Å². The highest BCUT2D eigenvalue weighted by Gasteiger charge is 2.33. The fourth-order valence-electron chi connectivity index (χ4n) is 2.66. The Balaban J connectivity index is 1.94. The molecule has 134 valence electrons. The van der Waals surface area contributed by atoms with Gasteiger partial charge >= 0.3 is 0 Å². The largest absolute Gasteiger partial charge is 0.457 e. The van der Waals surface area contributed by atoms with E-state index in [1.54, 1.807) is 32.9 Å². The highest BCUT2D eigenvalue weighted by molar-refractivity contribution is 8.18. The Bertz CT molecular complexity index is 960. The Labute approximate surface area is 153 Å². The van der Waals surface area contributed by atoms with Crippen molar-refractivity contribution in [1.82, 2.24) is 4.90 Å². The van der Waals surface area contributed by atoms with E-state index in [4.69, 9.17) is 4.42 Å². The summed E-state index contributed by atoms with van der Waals surface area (Å²) < 4.78 is 5.72. The zero-order valence-corrected chi connectivity index (χ0v) is 15.3. The fraction of sp³-hybridized carbons (Fsp3) is 0.222. The molecule has 0 unspecified atom stereocenters. The number of imide groups is 1. The molecule has 7 nitrogen and oxygen atoms in total. The molecule has 0 aliphatic carbocycles. The number of hydrogen-bond acceptors (Lipinski definition) is 6. The molecule has 1 saturated heterocycles. The topological polar surface area (TPSA) is 93.7 Å². The second-order valence-corrected chi connectivity index (χ2v) is 6.82. The molecule has 1 aromatic heterocycles. The van der Waals surface area contributed by atoms with Crippen molar-refractivity contribution in [2.45, 2.75) is 20.8 Å². The molecule has 1 aliphatic rings. The fourth-order valence-corrected chi connectivity index (χ4v) is 3.54. The number of amides is 2. The number of nitrogens with zero attached hydrogens (tertiary/aromatic N) is 2. The van der Waals surface area contributed by atoms with Gasteiger partial charge in [-0.05, 0) is 56.3 Å². The number of hydrogen-bond donors (Lipinski definition) is 0. The van der Waals surface area contributed by atoms with E-state index < -0.39 is 4.92 Å². The van der Waals surface area contributed by atoms with Crippen LogP contribution in [0.2, 0.25) is 0 Å². The Morgan fingerprint density at radius 1 is 1.27 bits per heavy atom. The molecular weight excluding hydrogens is 356 g/mol. The van der Waals surface area contributed by atoms with Crippen molar-refractivity contribution >= 4 is 34.7 Å². The molecule has 8 heteroatoms. The highest BCUT2D eigenvalue weighted by atomic mass is 32.2. The monoisotopic (exact) mass is 372 g/mol. The second kappa shape index (κ2) is 6.80. The van der Waals surface area contributed by atoms with Gasteiger partial charge < -0.3 is 4.42 Å². The molecule has 0 N–H and O–H groups in total. The Hall–Kier alpha value is -2.87. The minimum atomic E-state index is -0.420. The average molecular weight is 372 g/mol. The Morgan fingerprint density at radius 2 is 2.00 bits per heavy atom. The predicted molar refractivity (Wildman–Crippen MR) is 98.6 cm³/mol. The third kappa shape index (κ3) is 3.15. The number of likely N-dealkylation sites (N-methyl/N-ethyl adjacent to an activating group) is 1. The van der Waals surface area contributed by atoms with E-state index in [-0.39, 0.29) is 16.8 Å². The lowest BCUT2D eigenvalue weighted by Crippen LogP contribution is -2.27. The van der Waals surface area contributed by atoms with Crippen molar-refractivity contribution in [1.29, 1.82) is 0 Å². The van der Waals surface area contributed by atoms with Crippen LogP contribution in [0.25, 0.3) is 17.4 Å². The first-order chi connectivity index (χ1) is 12.3. The van der Waals surface area contributed by atoms with Gasteiger partial charge in [-0.25, -0.2) is 0 Å². The summed E-state index contributed by atoms with van der Waals surface area (Å²) in [4.78, 5) is 36.1. The van der Waals surface area contributed by atoms with Gasteiger partial charge in [0.05, 0.1) is 9.83 Å². The zero-order valence-electron chi connectivity index (χ0n) is 14.4. The molecule has 0 radical (unpaired) electrons. The summed E-state index contributed by atoms with van der Waals surface area (Å²) in [5, 5.41) is 10.9. The van der Waals surface area contributed by atoms with Gasteiger partial charge in [-0.15, -0.1) is 0 Å². The summed E-state index contributed by atoms with van der Waals surface area (Å²) in [7, 11) is 0. The van der Waals surface area contributed by atoms with E-state index in [1.807, 2.05) is 6.07 Å². The normalized spacial score (nSPS) is 16.0. The van der Waals surface area contributed by atoms with Crippen molar-refractivity contribution in [2.24, 2.45) is 0 Å². The highest BCUT2D eigenvalue weighted by Crippen LogP contribution is 2.34. The standard InChI is InChI=1S/C18H16N2O5S/c1-4-19-17(21)16(26-18(19)22)9-13-5-6-15(25-13)12-7-10(2)11(3)14(8-12)20(23)24/h5-9H,4H2,1-3H3/b16-9+.